The first-order valence-corrected chi connectivity index (χ1v) is 13.4. The molecule has 2 saturated heterocycles. The minimum Gasteiger partial charge on any atom is -0.497 e. The van der Waals surface area contributed by atoms with Gasteiger partial charge < -0.3 is 19.3 Å². The van der Waals surface area contributed by atoms with Crippen molar-refractivity contribution in [1.29, 1.82) is 0 Å². The van der Waals surface area contributed by atoms with Crippen LogP contribution in [0.5, 0.6) is 5.75 Å². The van der Waals surface area contributed by atoms with Crippen LogP contribution in [0.15, 0.2) is 59.5 Å². The lowest BCUT2D eigenvalue weighted by molar-refractivity contribution is -0.142. The third kappa shape index (κ3) is 6.01. The highest BCUT2D eigenvalue weighted by molar-refractivity contribution is 7.91. The number of rotatable bonds is 7. The number of ether oxygens (including phenoxy) is 2. The molecule has 2 heterocycles. The number of piperazine rings is 1. The number of carbonyl (C=O) groups is 2. The molecule has 2 aromatic carbocycles. The summed E-state index contributed by atoms with van der Waals surface area (Å²) in [6, 6.07) is 14.5. The van der Waals surface area contributed by atoms with E-state index in [1.165, 1.54) is 7.11 Å². The number of amides is 2. The maximum absolute atomic E-state index is 13.5. The Kier molecular flexibility index (Phi) is 8.04. The summed E-state index contributed by atoms with van der Waals surface area (Å²) in [7, 11) is -1.91. The van der Waals surface area contributed by atoms with Crippen molar-refractivity contribution in [2.24, 2.45) is 0 Å². The molecule has 10 heteroatoms. The van der Waals surface area contributed by atoms with E-state index in [0.717, 1.165) is 0 Å². The van der Waals surface area contributed by atoms with Crippen molar-refractivity contribution in [3.05, 3.63) is 60.2 Å². The van der Waals surface area contributed by atoms with Crippen molar-refractivity contribution in [2.45, 2.75) is 10.9 Å². The van der Waals surface area contributed by atoms with E-state index in [9.17, 15) is 18.0 Å². The monoisotopic (exact) mass is 501 g/mol. The first-order valence-electron chi connectivity index (χ1n) is 11.7. The van der Waals surface area contributed by atoms with Crippen LogP contribution in [-0.4, -0.2) is 106 Å². The van der Waals surface area contributed by atoms with Crippen molar-refractivity contribution in [1.82, 2.24) is 14.7 Å². The van der Waals surface area contributed by atoms with Crippen molar-refractivity contribution < 1.29 is 27.5 Å². The van der Waals surface area contributed by atoms with Crippen LogP contribution >= 0.6 is 0 Å². The first-order chi connectivity index (χ1) is 16.9. The highest BCUT2D eigenvalue weighted by Crippen LogP contribution is 2.20. The number of methoxy groups -OCH3 is 1. The Hall–Kier alpha value is -2.95. The topological polar surface area (TPSA) is 96.5 Å². The summed E-state index contributed by atoms with van der Waals surface area (Å²) in [5.41, 5.74) is 0.448. The lowest BCUT2D eigenvalue weighted by Crippen LogP contribution is -2.62. The molecule has 2 fully saturated rings. The minimum absolute atomic E-state index is 0.0562. The first kappa shape index (κ1) is 25.2. The van der Waals surface area contributed by atoms with Gasteiger partial charge in [0.2, 0.25) is 5.91 Å². The van der Waals surface area contributed by atoms with Gasteiger partial charge in [-0.05, 0) is 30.3 Å². The van der Waals surface area contributed by atoms with Gasteiger partial charge in [-0.3, -0.25) is 14.5 Å². The number of morpholine rings is 1. The Morgan fingerprint density at radius 1 is 1.00 bits per heavy atom. The fourth-order valence-corrected chi connectivity index (χ4v) is 5.71. The molecule has 1 unspecified atom stereocenters. The molecule has 35 heavy (non-hydrogen) atoms. The van der Waals surface area contributed by atoms with Crippen LogP contribution in [0.25, 0.3) is 0 Å². The SMILES string of the molecule is COc1cccc(C(=O)N2CCN(CCS(=O)(=O)c3ccccc3)CC2C(=O)N2CCOCC2)c1. The summed E-state index contributed by atoms with van der Waals surface area (Å²) in [6.07, 6.45) is 0. The smallest absolute Gasteiger partial charge is 0.254 e. The van der Waals surface area contributed by atoms with E-state index in [1.807, 2.05) is 4.90 Å². The van der Waals surface area contributed by atoms with E-state index < -0.39 is 15.9 Å². The van der Waals surface area contributed by atoms with E-state index in [1.54, 1.807) is 64.4 Å². The van der Waals surface area contributed by atoms with Crippen LogP contribution in [0.2, 0.25) is 0 Å². The quantitative estimate of drug-likeness (QED) is 0.562. The van der Waals surface area contributed by atoms with Crippen LogP contribution in [0.4, 0.5) is 0 Å². The number of nitrogens with zero attached hydrogens (tertiary/aromatic N) is 3. The number of sulfone groups is 1. The number of hydrogen-bond donors (Lipinski definition) is 0. The molecule has 0 aromatic heterocycles. The zero-order valence-electron chi connectivity index (χ0n) is 19.8. The lowest BCUT2D eigenvalue weighted by atomic mass is 10.1. The summed E-state index contributed by atoms with van der Waals surface area (Å²) in [5.74, 6) is 0.128. The van der Waals surface area contributed by atoms with Gasteiger partial charge in [0, 0.05) is 44.8 Å². The molecule has 2 aromatic rings. The van der Waals surface area contributed by atoms with Crippen molar-refractivity contribution in [3.63, 3.8) is 0 Å². The van der Waals surface area contributed by atoms with Gasteiger partial charge in [-0.15, -0.1) is 0 Å². The van der Waals surface area contributed by atoms with Gasteiger partial charge >= 0.3 is 0 Å². The summed E-state index contributed by atoms with van der Waals surface area (Å²) < 4.78 is 36.2. The maximum Gasteiger partial charge on any atom is 0.254 e. The van der Waals surface area contributed by atoms with E-state index in [-0.39, 0.29) is 35.6 Å². The Morgan fingerprint density at radius 3 is 2.46 bits per heavy atom. The van der Waals surface area contributed by atoms with Gasteiger partial charge in [0.05, 0.1) is 31.0 Å². The van der Waals surface area contributed by atoms with E-state index in [2.05, 4.69) is 0 Å². The van der Waals surface area contributed by atoms with E-state index in [4.69, 9.17) is 9.47 Å². The Bertz CT molecular complexity index is 1130. The Balaban J connectivity index is 1.51. The second kappa shape index (κ2) is 11.2. The van der Waals surface area contributed by atoms with Crippen LogP contribution in [0, 0.1) is 0 Å². The number of hydrogen-bond acceptors (Lipinski definition) is 7. The molecule has 0 aliphatic carbocycles. The van der Waals surface area contributed by atoms with Gasteiger partial charge in [-0.1, -0.05) is 24.3 Å². The molecule has 4 rings (SSSR count). The maximum atomic E-state index is 13.5. The summed E-state index contributed by atoms with van der Waals surface area (Å²) >= 11 is 0. The highest BCUT2D eigenvalue weighted by Gasteiger charge is 2.38. The average Bonchev–Trinajstić information content (AvgIpc) is 2.92. The molecule has 0 bridgehead atoms. The predicted octanol–water partition coefficient (Wildman–Crippen LogP) is 1.15. The zero-order valence-corrected chi connectivity index (χ0v) is 20.7. The van der Waals surface area contributed by atoms with Crippen LogP contribution < -0.4 is 4.74 Å². The van der Waals surface area contributed by atoms with Crippen molar-refractivity contribution in [2.75, 3.05) is 65.3 Å². The number of benzene rings is 2. The van der Waals surface area contributed by atoms with E-state index in [0.29, 0.717) is 50.7 Å². The molecule has 0 spiro atoms. The number of carbonyl (C=O) groups excluding carboxylic acids is 2. The van der Waals surface area contributed by atoms with Crippen LogP contribution in [-0.2, 0) is 19.4 Å². The summed E-state index contributed by atoms with van der Waals surface area (Å²) in [6.45, 7) is 3.22. The molecule has 0 radical (unpaired) electrons. The summed E-state index contributed by atoms with van der Waals surface area (Å²) in [5, 5.41) is 0. The molecule has 1 atom stereocenters. The Labute approximate surface area is 206 Å². The van der Waals surface area contributed by atoms with Crippen molar-refractivity contribution in [3.8, 4) is 5.75 Å². The molecular formula is C25H31N3O6S. The largest absolute Gasteiger partial charge is 0.497 e. The standard InChI is InChI=1S/C25H31N3O6S/c1-33-21-7-5-6-20(18-21)24(29)28-11-10-26(14-17-35(31,32)22-8-3-2-4-9-22)19-23(28)25(30)27-12-15-34-16-13-27/h2-9,18,23H,10-17,19H2,1H3. The van der Waals surface area contributed by atoms with Gasteiger partial charge in [0.1, 0.15) is 11.8 Å². The molecule has 2 amide bonds. The second-order valence-corrected chi connectivity index (χ2v) is 10.7. The zero-order chi connectivity index (χ0) is 24.8. The summed E-state index contributed by atoms with van der Waals surface area (Å²) in [4.78, 5) is 32.5. The molecule has 0 saturated carbocycles. The molecular weight excluding hydrogens is 470 g/mol. The third-order valence-corrected chi connectivity index (χ3v) is 8.14. The van der Waals surface area contributed by atoms with Gasteiger partial charge in [-0.2, -0.15) is 0 Å². The minimum atomic E-state index is -3.45. The molecule has 9 nitrogen and oxygen atoms in total. The Morgan fingerprint density at radius 2 is 1.74 bits per heavy atom. The van der Waals surface area contributed by atoms with E-state index >= 15 is 0 Å². The normalized spacial score (nSPS) is 19.4. The third-order valence-electron chi connectivity index (χ3n) is 6.43. The van der Waals surface area contributed by atoms with Crippen molar-refractivity contribution >= 4 is 21.7 Å². The fraction of sp³-hybridized carbons (Fsp3) is 0.440. The fourth-order valence-electron chi connectivity index (χ4n) is 4.41. The van der Waals surface area contributed by atoms with Gasteiger partial charge in [0.15, 0.2) is 9.84 Å². The van der Waals surface area contributed by atoms with Crippen LogP contribution in [0.3, 0.4) is 0 Å². The lowest BCUT2D eigenvalue weighted by Gasteiger charge is -2.43. The predicted molar refractivity (Wildman–Crippen MR) is 130 cm³/mol. The molecule has 0 N–H and O–H groups in total. The van der Waals surface area contributed by atoms with Gasteiger partial charge in [0.25, 0.3) is 5.91 Å². The molecule has 188 valence electrons. The second-order valence-electron chi connectivity index (χ2n) is 8.62. The molecule has 2 aliphatic rings. The average molecular weight is 502 g/mol. The molecule has 2 aliphatic heterocycles. The van der Waals surface area contributed by atoms with Gasteiger partial charge in [-0.25, -0.2) is 8.42 Å². The highest BCUT2D eigenvalue weighted by atomic mass is 32.2. The van der Waals surface area contributed by atoms with Crippen LogP contribution in [0.1, 0.15) is 10.4 Å².